The molecule has 0 saturated carbocycles. The smallest absolute Gasteiger partial charge is 0.326 e. The molecule has 0 spiro atoms. The number of nitrogens with zero attached hydrogens (tertiary/aromatic N) is 1. The second-order valence-corrected chi connectivity index (χ2v) is 5.17. The number of carbonyl (C=O) groups is 2. The van der Waals surface area contributed by atoms with Crippen molar-refractivity contribution in [1.29, 1.82) is 0 Å². The molecule has 0 aliphatic carbocycles. The zero-order valence-electron chi connectivity index (χ0n) is 9.57. The van der Waals surface area contributed by atoms with Crippen molar-refractivity contribution in [1.82, 2.24) is 10.2 Å². The Morgan fingerprint density at radius 2 is 2.33 bits per heavy atom. The van der Waals surface area contributed by atoms with Crippen molar-refractivity contribution in [2.24, 2.45) is 0 Å². The zero-order valence-corrected chi connectivity index (χ0v) is 10.4. The molecule has 1 aliphatic rings. The lowest BCUT2D eigenvalue weighted by atomic mass is 10.2. The molecule has 0 bridgehead atoms. The number of hydrogen-bond acceptors (Lipinski definition) is 4. The minimum atomic E-state index is -1.09. The second-order valence-electron chi connectivity index (χ2n) is 4.13. The molecule has 18 heavy (non-hydrogen) atoms. The van der Waals surface area contributed by atoms with E-state index in [4.69, 9.17) is 5.11 Å². The normalized spacial score (nSPS) is 23.1. The summed E-state index contributed by atoms with van der Waals surface area (Å²) < 4.78 is 0. The lowest BCUT2D eigenvalue weighted by molar-refractivity contribution is -0.141. The van der Waals surface area contributed by atoms with E-state index in [1.165, 1.54) is 16.2 Å². The summed E-state index contributed by atoms with van der Waals surface area (Å²) in [6.07, 6.45) is -0.680. The highest BCUT2D eigenvalue weighted by molar-refractivity contribution is 7.09. The third-order valence-corrected chi connectivity index (χ3v) is 3.70. The summed E-state index contributed by atoms with van der Waals surface area (Å²) in [4.78, 5) is 25.0. The number of carboxylic acids is 1. The Morgan fingerprint density at radius 3 is 2.94 bits per heavy atom. The number of nitrogens with one attached hydrogen (secondary N) is 1. The first-order valence-electron chi connectivity index (χ1n) is 5.55. The predicted molar refractivity (Wildman–Crippen MR) is 65.3 cm³/mol. The van der Waals surface area contributed by atoms with Crippen LogP contribution >= 0.6 is 11.3 Å². The summed E-state index contributed by atoms with van der Waals surface area (Å²) >= 11 is 1.52. The average molecular weight is 270 g/mol. The molecule has 2 heterocycles. The Labute approximate surface area is 108 Å². The topological polar surface area (TPSA) is 89.9 Å². The number of carbonyl (C=O) groups excluding carboxylic acids is 1. The monoisotopic (exact) mass is 270 g/mol. The van der Waals surface area contributed by atoms with Crippen LogP contribution in [0.2, 0.25) is 0 Å². The fourth-order valence-electron chi connectivity index (χ4n) is 1.95. The maximum atomic E-state index is 11.8. The van der Waals surface area contributed by atoms with Crippen LogP contribution in [0.4, 0.5) is 4.79 Å². The van der Waals surface area contributed by atoms with Crippen LogP contribution in [0.1, 0.15) is 11.3 Å². The van der Waals surface area contributed by atoms with Gasteiger partial charge in [0, 0.05) is 17.8 Å². The Morgan fingerprint density at radius 1 is 1.56 bits per heavy atom. The number of aliphatic carboxylic acids is 1. The van der Waals surface area contributed by atoms with Crippen LogP contribution < -0.4 is 5.32 Å². The molecular formula is C11H14N2O4S. The van der Waals surface area contributed by atoms with Crippen LogP contribution in [-0.2, 0) is 11.3 Å². The molecule has 3 N–H and O–H groups in total. The van der Waals surface area contributed by atoms with Crippen molar-refractivity contribution in [3.63, 3.8) is 0 Å². The van der Waals surface area contributed by atoms with E-state index in [1.807, 2.05) is 17.5 Å². The molecule has 6 nitrogen and oxygen atoms in total. The van der Waals surface area contributed by atoms with E-state index in [1.54, 1.807) is 0 Å². The Hall–Kier alpha value is -1.60. The summed E-state index contributed by atoms with van der Waals surface area (Å²) in [7, 11) is 0. The van der Waals surface area contributed by atoms with Crippen molar-refractivity contribution in [3.8, 4) is 0 Å². The largest absolute Gasteiger partial charge is 0.480 e. The number of likely N-dealkylation sites (tertiary alicyclic amines) is 1. The first-order valence-corrected chi connectivity index (χ1v) is 6.43. The molecule has 1 aromatic heterocycles. The van der Waals surface area contributed by atoms with Crippen LogP contribution in [0.25, 0.3) is 0 Å². The highest BCUT2D eigenvalue weighted by Crippen LogP contribution is 2.18. The predicted octanol–water partition coefficient (Wildman–Crippen LogP) is 0.478. The van der Waals surface area contributed by atoms with Gasteiger partial charge in [0.25, 0.3) is 0 Å². The van der Waals surface area contributed by atoms with E-state index < -0.39 is 24.1 Å². The third kappa shape index (κ3) is 2.80. The number of amides is 2. The van der Waals surface area contributed by atoms with Crippen molar-refractivity contribution < 1.29 is 19.8 Å². The van der Waals surface area contributed by atoms with Gasteiger partial charge in [-0.3, -0.25) is 0 Å². The summed E-state index contributed by atoms with van der Waals surface area (Å²) in [5.41, 5.74) is 0. The quantitative estimate of drug-likeness (QED) is 0.745. The zero-order chi connectivity index (χ0) is 13.1. The molecular weight excluding hydrogens is 256 g/mol. The van der Waals surface area contributed by atoms with Crippen molar-refractivity contribution >= 4 is 23.3 Å². The molecule has 2 amide bonds. The van der Waals surface area contributed by atoms with Crippen LogP contribution in [0, 0.1) is 0 Å². The number of urea groups is 1. The molecule has 0 unspecified atom stereocenters. The van der Waals surface area contributed by atoms with Gasteiger partial charge in [-0.25, -0.2) is 9.59 Å². The van der Waals surface area contributed by atoms with Gasteiger partial charge in [0.05, 0.1) is 12.6 Å². The van der Waals surface area contributed by atoms with Gasteiger partial charge in [0.2, 0.25) is 0 Å². The number of hydrogen-bond donors (Lipinski definition) is 3. The van der Waals surface area contributed by atoms with E-state index in [2.05, 4.69) is 5.32 Å². The molecule has 2 rings (SSSR count). The van der Waals surface area contributed by atoms with Gasteiger partial charge < -0.3 is 20.4 Å². The molecule has 1 aliphatic heterocycles. The maximum absolute atomic E-state index is 11.8. The molecule has 1 fully saturated rings. The van der Waals surface area contributed by atoms with Crippen LogP contribution in [0.5, 0.6) is 0 Å². The van der Waals surface area contributed by atoms with Crippen LogP contribution in [0.3, 0.4) is 0 Å². The summed E-state index contributed by atoms with van der Waals surface area (Å²) in [6.45, 7) is 0.433. The fourth-order valence-corrected chi connectivity index (χ4v) is 2.59. The van der Waals surface area contributed by atoms with Crippen molar-refractivity contribution in [2.45, 2.75) is 25.1 Å². The highest BCUT2D eigenvalue weighted by atomic mass is 32.1. The van der Waals surface area contributed by atoms with Crippen molar-refractivity contribution in [3.05, 3.63) is 22.4 Å². The number of aliphatic hydroxyl groups is 1. The van der Waals surface area contributed by atoms with Gasteiger partial charge >= 0.3 is 12.0 Å². The number of aliphatic hydroxyl groups excluding tert-OH is 1. The van der Waals surface area contributed by atoms with Gasteiger partial charge in [-0.05, 0) is 11.4 Å². The van der Waals surface area contributed by atoms with E-state index in [0.717, 1.165) is 4.88 Å². The SMILES string of the molecule is O=C(O)[C@H]1C[C@@H](O)CN1C(=O)NCc1cccs1. The van der Waals surface area contributed by atoms with E-state index in [9.17, 15) is 14.7 Å². The van der Waals surface area contributed by atoms with Crippen LogP contribution in [0.15, 0.2) is 17.5 Å². The maximum Gasteiger partial charge on any atom is 0.326 e. The third-order valence-electron chi connectivity index (χ3n) is 2.82. The lowest BCUT2D eigenvalue weighted by Gasteiger charge is -2.21. The summed E-state index contributed by atoms with van der Waals surface area (Å²) in [5.74, 6) is -1.09. The summed E-state index contributed by atoms with van der Waals surface area (Å²) in [6, 6.07) is 2.38. The molecule has 1 aromatic rings. The van der Waals surface area contributed by atoms with E-state index in [-0.39, 0.29) is 13.0 Å². The Kier molecular flexibility index (Phi) is 3.83. The molecule has 98 valence electrons. The molecule has 2 atom stereocenters. The van der Waals surface area contributed by atoms with Gasteiger partial charge in [-0.15, -0.1) is 11.3 Å². The first-order chi connectivity index (χ1) is 8.58. The molecule has 0 radical (unpaired) electrons. The van der Waals surface area contributed by atoms with Gasteiger partial charge in [0.15, 0.2) is 0 Å². The number of thiophene rings is 1. The van der Waals surface area contributed by atoms with E-state index >= 15 is 0 Å². The highest BCUT2D eigenvalue weighted by Gasteiger charge is 2.38. The number of carboxylic acid groups (broad SMARTS) is 1. The minimum Gasteiger partial charge on any atom is -0.480 e. The van der Waals surface area contributed by atoms with E-state index in [0.29, 0.717) is 6.54 Å². The number of rotatable bonds is 3. The average Bonchev–Trinajstić information content (AvgIpc) is 2.94. The Bertz CT molecular complexity index is 434. The van der Waals surface area contributed by atoms with Crippen molar-refractivity contribution in [2.75, 3.05) is 6.54 Å². The standard InChI is InChI=1S/C11H14N2O4S/c14-7-4-9(10(15)16)13(6-7)11(17)12-5-8-2-1-3-18-8/h1-3,7,9,14H,4-6H2,(H,12,17)(H,15,16)/t7-,9-/m1/s1. The van der Waals surface area contributed by atoms with Gasteiger partial charge in [0.1, 0.15) is 6.04 Å². The van der Waals surface area contributed by atoms with Crippen LogP contribution in [-0.4, -0.2) is 45.8 Å². The minimum absolute atomic E-state index is 0.0627. The molecule has 7 heteroatoms. The molecule has 0 aromatic carbocycles. The first kappa shape index (κ1) is 12.8. The second kappa shape index (κ2) is 5.36. The van der Waals surface area contributed by atoms with Gasteiger partial charge in [-0.2, -0.15) is 0 Å². The van der Waals surface area contributed by atoms with Gasteiger partial charge in [-0.1, -0.05) is 6.07 Å². The Balaban J connectivity index is 1.93. The molecule has 1 saturated heterocycles. The fraction of sp³-hybridized carbons (Fsp3) is 0.455. The summed E-state index contributed by atoms with van der Waals surface area (Å²) in [5, 5.41) is 23.0. The lowest BCUT2D eigenvalue weighted by Crippen LogP contribution is -2.45. The number of β-amino-alcohol motifs (C(OH)–C–C–N with tert-alkyl or cyclic N) is 1.